The van der Waals surface area contributed by atoms with Crippen LogP contribution in [-0.2, 0) is 13.0 Å². The van der Waals surface area contributed by atoms with E-state index in [0.29, 0.717) is 6.54 Å². The van der Waals surface area contributed by atoms with Gasteiger partial charge in [0, 0.05) is 11.0 Å². The lowest BCUT2D eigenvalue weighted by Gasteiger charge is -2.06. The molecule has 1 aromatic rings. The quantitative estimate of drug-likeness (QED) is 0.801. The highest BCUT2D eigenvalue weighted by molar-refractivity contribution is 9.10. The van der Waals surface area contributed by atoms with E-state index in [4.69, 9.17) is 5.73 Å². The number of nitrogens with two attached hydrogens (primary N) is 1. The Kier molecular flexibility index (Phi) is 3.09. The maximum atomic E-state index is 5.55. The summed E-state index contributed by atoms with van der Waals surface area (Å²) in [5.41, 5.74) is 8.03. The first-order chi connectivity index (χ1) is 5.29. The highest BCUT2D eigenvalue weighted by Crippen LogP contribution is 2.20. The van der Waals surface area contributed by atoms with Crippen LogP contribution < -0.4 is 5.73 Å². The zero-order valence-electron chi connectivity index (χ0n) is 6.52. The molecule has 0 heterocycles. The third kappa shape index (κ3) is 1.82. The largest absolute Gasteiger partial charge is 0.326 e. The average Bonchev–Trinajstić information content (AvgIpc) is 2.04. The molecular formula is C9H11BrN. The van der Waals surface area contributed by atoms with Gasteiger partial charge in [-0.1, -0.05) is 22.9 Å². The molecule has 0 aliphatic heterocycles. The molecule has 1 rings (SSSR count). The molecule has 0 fully saturated rings. The smallest absolute Gasteiger partial charge is 0.0216 e. The summed E-state index contributed by atoms with van der Waals surface area (Å²) < 4.78 is 1.11. The van der Waals surface area contributed by atoms with Crippen molar-refractivity contribution in [2.24, 2.45) is 5.73 Å². The monoisotopic (exact) mass is 212 g/mol. The second-order valence-electron chi connectivity index (χ2n) is 2.36. The van der Waals surface area contributed by atoms with Crippen LogP contribution in [-0.4, -0.2) is 0 Å². The summed E-state index contributed by atoms with van der Waals surface area (Å²) in [6.07, 6.45) is 1.02. The molecule has 1 radical (unpaired) electrons. The standard InChI is InChI=1S/C9H11BrN/c1-2-8-7(6-11)4-3-5-9(8)10/h4-5H,2,6,11H2,1H3. The van der Waals surface area contributed by atoms with Gasteiger partial charge < -0.3 is 5.73 Å². The molecule has 0 unspecified atom stereocenters. The molecule has 2 N–H and O–H groups in total. The molecule has 59 valence electrons. The Balaban J connectivity index is 3.13. The van der Waals surface area contributed by atoms with Crippen LogP contribution in [0.2, 0.25) is 0 Å². The van der Waals surface area contributed by atoms with Gasteiger partial charge in [-0.3, -0.25) is 0 Å². The van der Waals surface area contributed by atoms with Crippen LogP contribution >= 0.6 is 15.9 Å². The first kappa shape index (κ1) is 8.75. The molecule has 0 aliphatic carbocycles. The van der Waals surface area contributed by atoms with E-state index in [9.17, 15) is 0 Å². The molecule has 11 heavy (non-hydrogen) atoms. The normalized spacial score (nSPS) is 10.1. The van der Waals surface area contributed by atoms with E-state index in [0.717, 1.165) is 10.9 Å². The van der Waals surface area contributed by atoms with Crippen molar-refractivity contribution in [2.75, 3.05) is 0 Å². The molecule has 1 aromatic carbocycles. The molecule has 0 saturated carbocycles. The SMILES string of the molecule is CCc1c(Br)c[c]cc1CN. The van der Waals surface area contributed by atoms with Crippen LogP contribution in [0.1, 0.15) is 18.1 Å². The molecule has 0 amide bonds. The molecule has 0 spiro atoms. The second-order valence-corrected chi connectivity index (χ2v) is 3.22. The topological polar surface area (TPSA) is 26.0 Å². The Morgan fingerprint density at radius 2 is 2.27 bits per heavy atom. The van der Waals surface area contributed by atoms with Gasteiger partial charge in [0.1, 0.15) is 0 Å². The minimum atomic E-state index is 0.596. The number of benzene rings is 1. The molecule has 0 aliphatic rings. The summed E-state index contributed by atoms with van der Waals surface area (Å²) in [7, 11) is 0. The minimum Gasteiger partial charge on any atom is -0.326 e. The number of rotatable bonds is 2. The van der Waals surface area contributed by atoms with Crippen molar-refractivity contribution < 1.29 is 0 Å². The van der Waals surface area contributed by atoms with Gasteiger partial charge >= 0.3 is 0 Å². The van der Waals surface area contributed by atoms with Gasteiger partial charge in [-0.15, -0.1) is 0 Å². The van der Waals surface area contributed by atoms with E-state index in [1.54, 1.807) is 0 Å². The third-order valence-electron chi connectivity index (χ3n) is 1.72. The fourth-order valence-corrected chi connectivity index (χ4v) is 1.79. The van der Waals surface area contributed by atoms with Gasteiger partial charge in [-0.05, 0) is 35.7 Å². The maximum Gasteiger partial charge on any atom is 0.0216 e. The maximum absolute atomic E-state index is 5.55. The van der Waals surface area contributed by atoms with E-state index < -0.39 is 0 Å². The van der Waals surface area contributed by atoms with Gasteiger partial charge in [-0.2, -0.15) is 0 Å². The fraction of sp³-hybridized carbons (Fsp3) is 0.333. The summed E-state index contributed by atoms with van der Waals surface area (Å²) >= 11 is 3.46. The van der Waals surface area contributed by atoms with E-state index in [-0.39, 0.29) is 0 Å². The highest BCUT2D eigenvalue weighted by atomic mass is 79.9. The first-order valence-corrected chi connectivity index (χ1v) is 4.46. The van der Waals surface area contributed by atoms with Crippen LogP contribution in [0.25, 0.3) is 0 Å². The lowest BCUT2D eigenvalue weighted by Crippen LogP contribution is -2.01. The van der Waals surface area contributed by atoms with Crippen LogP contribution in [0.5, 0.6) is 0 Å². The molecule has 1 nitrogen and oxygen atoms in total. The van der Waals surface area contributed by atoms with Gasteiger partial charge in [-0.25, -0.2) is 0 Å². The summed E-state index contributed by atoms with van der Waals surface area (Å²) in [5, 5.41) is 0. The van der Waals surface area contributed by atoms with Crippen molar-refractivity contribution in [3.05, 3.63) is 33.8 Å². The minimum absolute atomic E-state index is 0.596. The highest BCUT2D eigenvalue weighted by Gasteiger charge is 2.01. The Morgan fingerprint density at radius 1 is 1.55 bits per heavy atom. The fourth-order valence-electron chi connectivity index (χ4n) is 1.12. The van der Waals surface area contributed by atoms with Crippen LogP contribution in [0.3, 0.4) is 0 Å². The predicted octanol–water partition coefficient (Wildman–Crippen LogP) is 2.27. The molecule has 0 bridgehead atoms. The van der Waals surface area contributed by atoms with E-state index in [1.807, 2.05) is 12.1 Å². The number of hydrogen-bond acceptors (Lipinski definition) is 1. The summed E-state index contributed by atoms with van der Waals surface area (Å²) in [6.45, 7) is 2.72. The second kappa shape index (κ2) is 3.88. The summed E-state index contributed by atoms with van der Waals surface area (Å²) in [6, 6.07) is 6.90. The number of halogens is 1. The zero-order valence-corrected chi connectivity index (χ0v) is 8.11. The van der Waals surface area contributed by atoms with E-state index in [2.05, 4.69) is 28.9 Å². The summed E-state index contributed by atoms with van der Waals surface area (Å²) in [4.78, 5) is 0. The molecule has 2 heteroatoms. The van der Waals surface area contributed by atoms with E-state index in [1.165, 1.54) is 11.1 Å². The first-order valence-electron chi connectivity index (χ1n) is 3.67. The lowest BCUT2D eigenvalue weighted by atomic mass is 10.1. The Bertz CT molecular complexity index is 245. The van der Waals surface area contributed by atoms with E-state index >= 15 is 0 Å². The Morgan fingerprint density at radius 3 is 2.73 bits per heavy atom. The van der Waals surface area contributed by atoms with Crippen LogP contribution in [0, 0.1) is 6.07 Å². The van der Waals surface area contributed by atoms with Crippen molar-refractivity contribution in [3.8, 4) is 0 Å². The Hall–Kier alpha value is -0.340. The van der Waals surface area contributed by atoms with Gasteiger partial charge in [0.05, 0.1) is 0 Å². The lowest BCUT2D eigenvalue weighted by molar-refractivity contribution is 0.996. The average molecular weight is 213 g/mol. The van der Waals surface area contributed by atoms with Crippen molar-refractivity contribution in [2.45, 2.75) is 19.9 Å². The third-order valence-corrected chi connectivity index (χ3v) is 2.42. The van der Waals surface area contributed by atoms with Crippen molar-refractivity contribution in [3.63, 3.8) is 0 Å². The van der Waals surface area contributed by atoms with Crippen molar-refractivity contribution >= 4 is 15.9 Å². The molecule has 0 saturated heterocycles. The van der Waals surface area contributed by atoms with Gasteiger partial charge in [0.2, 0.25) is 0 Å². The van der Waals surface area contributed by atoms with Crippen LogP contribution in [0.15, 0.2) is 16.6 Å². The summed E-state index contributed by atoms with van der Waals surface area (Å²) in [5.74, 6) is 0. The van der Waals surface area contributed by atoms with Crippen molar-refractivity contribution in [1.29, 1.82) is 0 Å². The Labute approximate surface area is 75.7 Å². The molecular weight excluding hydrogens is 202 g/mol. The van der Waals surface area contributed by atoms with Gasteiger partial charge in [0.15, 0.2) is 0 Å². The van der Waals surface area contributed by atoms with Gasteiger partial charge in [0.25, 0.3) is 0 Å². The number of hydrogen-bond donors (Lipinski definition) is 1. The zero-order chi connectivity index (χ0) is 8.27. The van der Waals surface area contributed by atoms with Crippen LogP contribution in [0.4, 0.5) is 0 Å². The predicted molar refractivity (Wildman–Crippen MR) is 50.2 cm³/mol. The molecule has 0 aromatic heterocycles. The molecule has 0 atom stereocenters. The van der Waals surface area contributed by atoms with Crippen molar-refractivity contribution in [1.82, 2.24) is 0 Å².